The third-order valence-corrected chi connectivity index (χ3v) is 9.84. The van der Waals surface area contributed by atoms with Gasteiger partial charge in [0.15, 0.2) is 17.7 Å². The lowest BCUT2D eigenvalue weighted by molar-refractivity contribution is -0.265. The Kier molecular flexibility index (Phi) is 11.2. The number of hydrogen-bond acceptors (Lipinski definition) is 11. The summed E-state index contributed by atoms with van der Waals surface area (Å²) in [5.74, 6) is -3.02. The van der Waals surface area contributed by atoms with Crippen molar-refractivity contribution >= 4 is 17.8 Å². The first-order chi connectivity index (χ1) is 20.7. The molecule has 0 aromatic carbocycles. The molecule has 250 valence electrons. The highest BCUT2D eigenvalue weighted by Crippen LogP contribution is 2.37. The number of aliphatic hydroxyl groups excluding tert-OH is 1. The van der Waals surface area contributed by atoms with Crippen LogP contribution in [0.25, 0.3) is 0 Å². The Bertz CT molecular complexity index is 1070. The second-order valence-corrected chi connectivity index (χ2v) is 13.6. The molecule has 1 amide bonds. The van der Waals surface area contributed by atoms with Gasteiger partial charge in [0.1, 0.15) is 18.1 Å². The lowest BCUT2D eigenvalue weighted by Crippen LogP contribution is -2.60. The van der Waals surface area contributed by atoms with Crippen molar-refractivity contribution in [2.24, 2.45) is 17.8 Å². The molecule has 1 aliphatic carbocycles. The van der Waals surface area contributed by atoms with Gasteiger partial charge in [-0.2, -0.15) is 0 Å². The molecule has 0 bridgehead atoms. The van der Waals surface area contributed by atoms with Gasteiger partial charge in [-0.25, -0.2) is 4.79 Å². The van der Waals surface area contributed by atoms with E-state index in [4.69, 9.17) is 23.7 Å². The van der Waals surface area contributed by atoms with Crippen molar-refractivity contribution in [1.29, 1.82) is 0 Å². The summed E-state index contributed by atoms with van der Waals surface area (Å²) >= 11 is 0. The van der Waals surface area contributed by atoms with E-state index in [9.17, 15) is 19.5 Å². The Balaban J connectivity index is 1.63. The summed E-state index contributed by atoms with van der Waals surface area (Å²) in [6.07, 6.45) is 1.99. The van der Waals surface area contributed by atoms with Crippen molar-refractivity contribution in [2.75, 3.05) is 20.2 Å². The first-order valence-electron chi connectivity index (χ1n) is 16.1. The second-order valence-electron chi connectivity index (χ2n) is 13.6. The first kappa shape index (κ1) is 34.8. The fourth-order valence-corrected chi connectivity index (χ4v) is 6.90. The van der Waals surface area contributed by atoms with Crippen molar-refractivity contribution in [3.63, 3.8) is 0 Å². The molecule has 44 heavy (non-hydrogen) atoms. The molecule has 12 heteroatoms. The van der Waals surface area contributed by atoms with Gasteiger partial charge in [-0.15, -0.1) is 0 Å². The quantitative estimate of drug-likeness (QED) is 0.188. The van der Waals surface area contributed by atoms with Crippen LogP contribution < -0.4 is 16.0 Å². The Hall–Kier alpha value is -2.09. The maximum Gasteiger partial charge on any atom is 0.408 e. The number of esters is 1. The molecule has 0 radical (unpaired) electrons. The number of rotatable bonds is 7. The van der Waals surface area contributed by atoms with E-state index in [2.05, 4.69) is 22.9 Å². The Morgan fingerprint density at radius 3 is 2.45 bits per heavy atom. The summed E-state index contributed by atoms with van der Waals surface area (Å²) in [5.41, 5.74) is -2.15. The monoisotopic (exact) mass is 623 g/mol. The van der Waals surface area contributed by atoms with Crippen LogP contribution in [-0.2, 0) is 33.3 Å². The zero-order chi connectivity index (χ0) is 32.4. The maximum absolute atomic E-state index is 14.0. The Labute approximate surface area is 261 Å². The average molecular weight is 624 g/mol. The molecular weight excluding hydrogens is 570 g/mol. The minimum absolute atomic E-state index is 0.0371. The van der Waals surface area contributed by atoms with E-state index in [0.717, 1.165) is 12.8 Å². The molecule has 0 aromatic heterocycles. The first-order valence-corrected chi connectivity index (χ1v) is 16.1. The number of methoxy groups -OCH3 is 1. The molecule has 12 atom stereocenters. The molecule has 2 unspecified atom stereocenters. The third kappa shape index (κ3) is 7.64. The summed E-state index contributed by atoms with van der Waals surface area (Å²) in [6, 6.07) is -0.225. The molecular formula is C32H53N3O9. The molecule has 3 fully saturated rings. The lowest BCUT2D eigenvalue weighted by atomic mass is 9.78. The SMILES string of the molecule is CC[C@H]1OC(=O)C(C)C(=O)[C@H](C)[C@@H](O[C@@H]2O[C@H](CNC3CC3)C=CC2O)[C@](C)(OC)C[C@@H](C)CN[C@H](C)[C@H]2NC(=O)O[C@@]21C. The molecule has 1 saturated carbocycles. The van der Waals surface area contributed by atoms with E-state index in [0.29, 0.717) is 32.0 Å². The Morgan fingerprint density at radius 2 is 1.82 bits per heavy atom. The van der Waals surface area contributed by atoms with Crippen LogP contribution in [0.2, 0.25) is 0 Å². The molecule has 4 rings (SSSR count). The molecule has 2 saturated heterocycles. The Morgan fingerprint density at radius 1 is 1.11 bits per heavy atom. The largest absolute Gasteiger partial charge is 0.458 e. The second kappa shape index (κ2) is 14.1. The summed E-state index contributed by atoms with van der Waals surface area (Å²) < 4.78 is 30.5. The van der Waals surface area contributed by atoms with Crippen LogP contribution in [-0.4, -0.2) is 103 Å². The van der Waals surface area contributed by atoms with Gasteiger partial charge < -0.3 is 44.7 Å². The molecule has 12 nitrogen and oxygen atoms in total. The number of cyclic esters (lactones) is 1. The zero-order valence-corrected chi connectivity index (χ0v) is 27.5. The summed E-state index contributed by atoms with van der Waals surface area (Å²) in [7, 11) is 1.57. The number of hydrogen-bond donors (Lipinski definition) is 4. The zero-order valence-electron chi connectivity index (χ0n) is 27.5. The molecule has 4 aliphatic rings. The van der Waals surface area contributed by atoms with Crippen molar-refractivity contribution in [3.05, 3.63) is 12.2 Å². The van der Waals surface area contributed by atoms with E-state index in [1.807, 2.05) is 26.8 Å². The number of amides is 1. The standard InChI is InChI=1S/C32H53N3O9/c1-9-24-32(7)26(35-30(39)44-32)20(5)33-15-17(2)14-31(6,40-8)27(18(3)25(37)19(4)28(38)42-24)43-29-23(36)13-12-22(41-29)16-34-21-10-11-21/h12-13,17-24,26-27,29,33-34,36H,9-11,14-16H2,1-8H3,(H,35,39)/t17-,18+,19?,20-,22+,23?,24-,26-,27-,29+,31-,32-/m1/s1. The van der Waals surface area contributed by atoms with Gasteiger partial charge in [0.2, 0.25) is 0 Å². The van der Waals surface area contributed by atoms with E-state index < -0.39 is 65.7 Å². The van der Waals surface area contributed by atoms with E-state index in [-0.39, 0.29) is 23.8 Å². The predicted molar refractivity (Wildman–Crippen MR) is 162 cm³/mol. The van der Waals surface area contributed by atoms with Crippen LogP contribution in [0.3, 0.4) is 0 Å². The number of carbonyl (C=O) groups excluding carboxylic acids is 3. The highest BCUT2D eigenvalue weighted by molar-refractivity contribution is 6.00. The van der Waals surface area contributed by atoms with Gasteiger partial charge in [-0.3, -0.25) is 9.59 Å². The normalized spacial score (nSPS) is 44.2. The number of carbonyl (C=O) groups is 3. The smallest absolute Gasteiger partial charge is 0.408 e. The van der Waals surface area contributed by atoms with Crippen LogP contribution in [0.5, 0.6) is 0 Å². The number of aliphatic hydroxyl groups is 1. The van der Waals surface area contributed by atoms with Gasteiger partial charge in [0.25, 0.3) is 0 Å². The van der Waals surface area contributed by atoms with Gasteiger partial charge in [-0.05, 0) is 65.8 Å². The van der Waals surface area contributed by atoms with Crippen molar-refractivity contribution < 1.29 is 43.2 Å². The maximum atomic E-state index is 14.0. The molecule has 3 aliphatic heterocycles. The molecule has 0 spiro atoms. The highest BCUT2D eigenvalue weighted by Gasteiger charge is 2.55. The fraction of sp³-hybridized carbons (Fsp3) is 0.844. The van der Waals surface area contributed by atoms with Gasteiger partial charge >= 0.3 is 12.1 Å². The van der Waals surface area contributed by atoms with Crippen molar-refractivity contribution in [2.45, 2.75) is 134 Å². The molecule has 0 aromatic rings. The van der Waals surface area contributed by atoms with Crippen LogP contribution in [0, 0.1) is 17.8 Å². The number of fused-ring (bicyclic) bond motifs is 1. The number of alkyl carbamates (subject to hydrolysis) is 1. The van der Waals surface area contributed by atoms with E-state index in [1.54, 1.807) is 27.0 Å². The molecule has 4 N–H and O–H groups in total. The fourth-order valence-electron chi connectivity index (χ4n) is 6.90. The topological polar surface area (TPSA) is 154 Å². The van der Waals surface area contributed by atoms with E-state index in [1.165, 1.54) is 6.92 Å². The average Bonchev–Trinajstić information content (AvgIpc) is 3.77. The van der Waals surface area contributed by atoms with Gasteiger partial charge in [0, 0.05) is 31.7 Å². The lowest BCUT2D eigenvalue weighted by Gasteiger charge is -2.44. The van der Waals surface area contributed by atoms with Crippen LogP contribution in [0.1, 0.15) is 74.1 Å². The van der Waals surface area contributed by atoms with Gasteiger partial charge in [-0.1, -0.05) is 32.9 Å². The number of ether oxygens (including phenoxy) is 5. The van der Waals surface area contributed by atoms with E-state index >= 15 is 0 Å². The minimum Gasteiger partial charge on any atom is -0.458 e. The van der Waals surface area contributed by atoms with Crippen LogP contribution >= 0.6 is 0 Å². The number of ketones is 1. The summed E-state index contributed by atoms with van der Waals surface area (Å²) in [4.78, 5) is 39.9. The highest BCUT2D eigenvalue weighted by atomic mass is 16.7. The van der Waals surface area contributed by atoms with Crippen LogP contribution in [0.4, 0.5) is 4.79 Å². The predicted octanol–water partition coefficient (Wildman–Crippen LogP) is 2.22. The number of Topliss-reactive ketones (excluding diaryl/α,β-unsaturated/α-hetero) is 1. The van der Waals surface area contributed by atoms with Gasteiger partial charge in [0.05, 0.1) is 23.9 Å². The summed E-state index contributed by atoms with van der Waals surface area (Å²) in [6.45, 7) is 13.9. The van der Waals surface area contributed by atoms with Crippen molar-refractivity contribution in [1.82, 2.24) is 16.0 Å². The number of nitrogens with one attached hydrogen (secondary N) is 3. The summed E-state index contributed by atoms with van der Waals surface area (Å²) in [5, 5.41) is 20.7. The third-order valence-electron chi connectivity index (χ3n) is 9.84. The molecule has 3 heterocycles. The minimum atomic E-state index is -1.15. The van der Waals surface area contributed by atoms with Crippen molar-refractivity contribution in [3.8, 4) is 0 Å². The van der Waals surface area contributed by atoms with Crippen LogP contribution in [0.15, 0.2) is 12.2 Å².